The van der Waals surface area contributed by atoms with Gasteiger partial charge in [-0.25, -0.2) is 9.07 Å². The molecule has 1 saturated carbocycles. The lowest BCUT2D eigenvalue weighted by Crippen LogP contribution is -2.11. The molecule has 4 rings (SSSR count). The third-order valence-electron chi connectivity index (χ3n) is 5.01. The molecule has 6 heteroatoms. The first-order valence-electron chi connectivity index (χ1n) is 9.04. The van der Waals surface area contributed by atoms with Crippen LogP contribution in [0.4, 0.5) is 4.39 Å². The van der Waals surface area contributed by atoms with Crippen molar-refractivity contribution in [2.45, 2.75) is 25.9 Å². The zero-order valence-electron chi connectivity index (χ0n) is 15.3. The van der Waals surface area contributed by atoms with Gasteiger partial charge in [0.15, 0.2) is 0 Å². The summed E-state index contributed by atoms with van der Waals surface area (Å²) >= 11 is 0. The Kier molecular flexibility index (Phi) is 4.66. The van der Waals surface area contributed by atoms with Crippen LogP contribution in [0.1, 0.15) is 34.9 Å². The van der Waals surface area contributed by atoms with E-state index >= 15 is 0 Å². The van der Waals surface area contributed by atoms with Crippen molar-refractivity contribution < 1.29 is 13.9 Å². The Balaban J connectivity index is 1.49. The Morgan fingerprint density at radius 1 is 1.25 bits per heavy atom. The molecule has 3 aromatic rings. The summed E-state index contributed by atoms with van der Waals surface area (Å²) in [5.74, 6) is -0.775. The zero-order valence-corrected chi connectivity index (χ0v) is 15.3. The second-order valence-corrected chi connectivity index (χ2v) is 6.87. The maximum Gasteiger partial charge on any atom is 0.309 e. The zero-order chi connectivity index (χ0) is 19.7. The second-order valence-electron chi connectivity index (χ2n) is 6.87. The number of aromatic nitrogens is 2. The van der Waals surface area contributed by atoms with Crippen molar-refractivity contribution in [3.8, 4) is 11.8 Å². The van der Waals surface area contributed by atoms with Crippen molar-refractivity contribution in [1.29, 1.82) is 5.26 Å². The average Bonchev–Trinajstić information content (AvgIpc) is 3.45. The first-order valence-corrected chi connectivity index (χ1v) is 9.04. The summed E-state index contributed by atoms with van der Waals surface area (Å²) in [5, 5.41) is 13.9. The molecule has 0 radical (unpaired) electrons. The Labute approximate surface area is 162 Å². The summed E-state index contributed by atoms with van der Waals surface area (Å²) in [6.45, 7) is 1.73. The van der Waals surface area contributed by atoms with E-state index in [-0.39, 0.29) is 30.2 Å². The molecule has 2 atom stereocenters. The van der Waals surface area contributed by atoms with Crippen molar-refractivity contribution in [2.24, 2.45) is 5.92 Å². The van der Waals surface area contributed by atoms with Gasteiger partial charge in [-0.3, -0.25) is 4.79 Å². The smallest absolute Gasteiger partial charge is 0.309 e. The minimum atomic E-state index is -0.309. The fourth-order valence-corrected chi connectivity index (χ4v) is 3.42. The van der Waals surface area contributed by atoms with Gasteiger partial charge in [0.25, 0.3) is 0 Å². The highest BCUT2D eigenvalue weighted by molar-refractivity contribution is 5.77. The molecule has 1 aromatic heterocycles. The highest BCUT2D eigenvalue weighted by Crippen LogP contribution is 2.48. The Hall–Kier alpha value is -3.46. The van der Waals surface area contributed by atoms with Crippen molar-refractivity contribution in [2.75, 3.05) is 0 Å². The van der Waals surface area contributed by atoms with Gasteiger partial charge in [0.2, 0.25) is 0 Å². The molecule has 1 heterocycles. The van der Waals surface area contributed by atoms with Crippen molar-refractivity contribution in [3.63, 3.8) is 0 Å². The molecule has 1 aliphatic carbocycles. The summed E-state index contributed by atoms with van der Waals surface area (Å²) in [6, 6.07) is 17.8. The average molecular weight is 375 g/mol. The lowest BCUT2D eigenvalue weighted by molar-refractivity contribution is -0.146. The van der Waals surface area contributed by atoms with Gasteiger partial charge >= 0.3 is 5.97 Å². The Morgan fingerprint density at radius 2 is 1.96 bits per heavy atom. The lowest BCUT2D eigenvalue weighted by atomic mass is 10.1. The SMILES string of the molecule is Cc1nn(-c2ccccc2)c(COC(=O)C2CC2c2ccc(F)cc2)c1C#N. The van der Waals surface area contributed by atoms with Crippen LogP contribution >= 0.6 is 0 Å². The molecule has 140 valence electrons. The van der Waals surface area contributed by atoms with Crippen LogP contribution in [-0.2, 0) is 16.1 Å². The molecule has 0 saturated heterocycles. The number of benzene rings is 2. The van der Waals surface area contributed by atoms with Gasteiger partial charge in [-0.05, 0) is 49.1 Å². The quantitative estimate of drug-likeness (QED) is 0.631. The Bertz CT molecular complexity index is 1050. The number of rotatable bonds is 5. The van der Waals surface area contributed by atoms with Gasteiger partial charge in [0.1, 0.15) is 24.1 Å². The molecular weight excluding hydrogens is 357 g/mol. The van der Waals surface area contributed by atoms with Crippen LogP contribution < -0.4 is 0 Å². The van der Waals surface area contributed by atoms with Crippen molar-refractivity contribution in [1.82, 2.24) is 9.78 Å². The summed E-state index contributed by atoms with van der Waals surface area (Å²) in [6.07, 6.45) is 0.687. The molecule has 2 aromatic carbocycles. The number of ether oxygens (including phenoxy) is 1. The number of carbonyl (C=O) groups is 1. The second kappa shape index (κ2) is 7.28. The third-order valence-corrected chi connectivity index (χ3v) is 5.01. The van der Waals surface area contributed by atoms with Crippen molar-refractivity contribution >= 4 is 5.97 Å². The number of para-hydroxylation sites is 1. The van der Waals surface area contributed by atoms with Crippen LogP contribution in [0.3, 0.4) is 0 Å². The van der Waals surface area contributed by atoms with Crippen LogP contribution in [-0.4, -0.2) is 15.7 Å². The summed E-state index contributed by atoms with van der Waals surface area (Å²) in [7, 11) is 0. The molecule has 1 fully saturated rings. The maximum absolute atomic E-state index is 13.1. The number of aryl methyl sites for hydroxylation is 1. The first-order chi connectivity index (χ1) is 13.6. The minimum Gasteiger partial charge on any atom is -0.459 e. The van der Waals surface area contributed by atoms with Gasteiger partial charge in [0, 0.05) is 0 Å². The van der Waals surface area contributed by atoms with Gasteiger partial charge in [-0.1, -0.05) is 30.3 Å². The lowest BCUT2D eigenvalue weighted by Gasteiger charge is -2.09. The normalized spacial score (nSPS) is 17.8. The molecule has 1 aliphatic rings. The highest BCUT2D eigenvalue weighted by atomic mass is 19.1. The molecule has 0 aliphatic heterocycles. The molecule has 28 heavy (non-hydrogen) atoms. The van der Waals surface area contributed by atoms with E-state index < -0.39 is 0 Å². The van der Waals surface area contributed by atoms with Gasteiger partial charge in [-0.15, -0.1) is 0 Å². The number of hydrogen-bond acceptors (Lipinski definition) is 4. The molecule has 0 bridgehead atoms. The van der Waals surface area contributed by atoms with Crippen LogP contribution in [0.15, 0.2) is 54.6 Å². The van der Waals surface area contributed by atoms with E-state index in [0.29, 0.717) is 23.4 Å². The fourth-order valence-electron chi connectivity index (χ4n) is 3.42. The van der Waals surface area contributed by atoms with E-state index in [1.807, 2.05) is 30.3 Å². The molecule has 0 spiro atoms. The highest BCUT2D eigenvalue weighted by Gasteiger charge is 2.45. The first kappa shape index (κ1) is 17.9. The monoisotopic (exact) mass is 375 g/mol. The predicted molar refractivity (Wildman–Crippen MR) is 100 cm³/mol. The van der Waals surface area contributed by atoms with Gasteiger partial charge in [0.05, 0.1) is 23.0 Å². The third kappa shape index (κ3) is 3.39. The van der Waals surface area contributed by atoms with Crippen LogP contribution in [0, 0.1) is 30.0 Å². The van der Waals surface area contributed by atoms with Crippen LogP contribution in [0.5, 0.6) is 0 Å². The summed E-state index contributed by atoms with van der Waals surface area (Å²) in [5.41, 5.74) is 3.30. The number of hydrogen-bond donors (Lipinski definition) is 0. The maximum atomic E-state index is 13.1. The molecular formula is C22H18FN3O2. The number of halogens is 1. The summed E-state index contributed by atoms with van der Waals surface area (Å²) in [4.78, 5) is 12.5. The van der Waals surface area contributed by atoms with E-state index in [4.69, 9.17) is 4.74 Å². The van der Waals surface area contributed by atoms with E-state index in [2.05, 4.69) is 11.2 Å². The van der Waals surface area contributed by atoms with E-state index in [1.54, 1.807) is 23.7 Å². The summed E-state index contributed by atoms with van der Waals surface area (Å²) < 4.78 is 20.2. The minimum absolute atomic E-state index is 0.0237. The fraction of sp³-hybridized carbons (Fsp3) is 0.227. The Morgan fingerprint density at radius 3 is 2.64 bits per heavy atom. The largest absolute Gasteiger partial charge is 0.459 e. The number of esters is 1. The molecule has 5 nitrogen and oxygen atoms in total. The molecule has 0 N–H and O–H groups in total. The number of nitriles is 1. The number of nitrogens with zero attached hydrogens (tertiary/aromatic N) is 3. The van der Waals surface area contributed by atoms with E-state index in [9.17, 15) is 14.4 Å². The van der Waals surface area contributed by atoms with E-state index in [1.165, 1.54) is 12.1 Å². The standard InChI is InChI=1S/C22H18FN3O2/c1-14-20(12-24)21(26(25-14)17-5-3-2-4-6-17)13-28-22(27)19-11-18(19)15-7-9-16(23)10-8-15/h2-10,18-19H,11,13H2,1H3. The van der Waals surface area contributed by atoms with Crippen molar-refractivity contribution in [3.05, 3.63) is 82.9 Å². The molecule has 2 unspecified atom stereocenters. The van der Waals surface area contributed by atoms with Gasteiger partial charge in [-0.2, -0.15) is 10.4 Å². The van der Waals surface area contributed by atoms with Gasteiger partial charge < -0.3 is 4.74 Å². The van der Waals surface area contributed by atoms with Crippen LogP contribution in [0.2, 0.25) is 0 Å². The van der Waals surface area contributed by atoms with Crippen LogP contribution in [0.25, 0.3) is 5.69 Å². The van der Waals surface area contributed by atoms with E-state index in [0.717, 1.165) is 11.3 Å². The number of carbonyl (C=O) groups excluding carboxylic acids is 1. The predicted octanol–water partition coefficient (Wildman–Crippen LogP) is 4.04. The molecule has 0 amide bonds. The topological polar surface area (TPSA) is 67.9 Å².